The SMILES string of the molecule is CCOc1ccc([C@H]2C(C(=O)OC(C)C)=C(C)N=c3s/c(=C/c4cc(OC)c(OCc5ccc(Cl)cc5Cl)cc4Br)c(=O)n32)cc1. The highest BCUT2D eigenvalue weighted by Crippen LogP contribution is 2.36. The third-order valence-corrected chi connectivity index (χ3v) is 9.32. The van der Waals surface area contributed by atoms with Gasteiger partial charge in [-0.25, -0.2) is 9.79 Å². The molecule has 1 aliphatic rings. The van der Waals surface area contributed by atoms with Gasteiger partial charge < -0.3 is 18.9 Å². The number of aromatic nitrogens is 1. The standard InChI is InChI=1S/C34H31BrCl2N2O6S/c1-6-43-24-11-8-20(9-12-24)31-30(33(41)45-18(2)3)19(4)38-34-39(31)32(40)29(46-34)14-22-13-27(42-5)28(16-25(22)35)44-17-21-7-10-23(36)15-26(21)37/h7-16,18,31H,6,17H2,1-5H3/b29-14+/t31-/m0/s1. The number of esters is 1. The fourth-order valence-electron chi connectivity index (χ4n) is 4.96. The molecule has 0 amide bonds. The molecule has 1 aromatic heterocycles. The summed E-state index contributed by atoms with van der Waals surface area (Å²) in [6.45, 7) is 7.94. The van der Waals surface area contributed by atoms with E-state index in [1.165, 1.54) is 11.3 Å². The van der Waals surface area contributed by atoms with Crippen molar-refractivity contribution in [2.45, 2.75) is 46.4 Å². The molecule has 0 bridgehead atoms. The van der Waals surface area contributed by atoms with E-state index in [1.54, 1.807) is 68.9 Å². The molecule has 2 heterocycles. The molecule has 5 rings (SSSR count). The summed E-state index contributed by atoms with van der Waals surface area (Å²) in [6, 6.07) is 15.4. The van der Waals surface area contributed by atoms with Gasteiger partial charge in [0, 0.05) is 20.1 Å². The number of allylic oxidation sites excluding steroid dienone is 1. The van der Waals surface area contributed by atoms with Crippen LogP contribution in [-0.2, 0) is 16.1 Å². The van der Waals surface area contributed by atoms with Crippen LogP contribution in [0.1, 0.15) is 50.4 Å². The van der Waals surface area contributed by atoms with Gasteiger partial charge in [-0.15, -0.1) is 0 Å². The van der Waals surface area contributed by atoms with Crippen molar-refractivity contribution in [3.05, 3.63) is 117 Å². The van der Waals surface area contributed by atoms with E-state index in [-0.39, 0.29) is 18.3 Å². The van der Waals surface area contributed by atoms with Crippen LogP contribution in [-0.4, -0.2) is 30.4 Å². The van der Waals surface area contributed by atoms with Crippen LogP contribution >= 0.6 is 50.5 Å². The van der Waals surface area contributed by atoms with E-state index in [4.69, 9.17) is 42.1 Å². The summed E-state index contributed by atoms with van der Waals surface area (Å²) in [5, 5.41) is 1.04. The van der Waals surface area contributed by atoms with Crippen molar-refractivity contribution in [1.82, 2.24) is 4.57 Å². The van der Waals surface area contributed by atoms with Crippen LogP contribution in [0.4, 0.5) is 0 Å². The first-order valence-corrected chi connectivity index (χ1v) is 16.8. The van der Waals surface area contributed by atoms with Crippen LogP contribution in [0, 0.1) is 0 Å². The van der Waals surface area contributed by atoms with Crippen LogP contribution in [0.25, 0.3) is 6.08 Å². The van der Waals surface area contributed by atoms with Crippen LogP contribution < -0.4 is 29.1 Å². The molecule has 0 aliphatic carbocycles. The number of ether oxygens (including phenoxy) is 4. The lowest BCUT2D eigenvalue weighted by atomic mass is 9.96. The van der Waals surface area contributed by atoms with Gasteiger partial charge in [0.1, 0.15) is 12.4 Å². The van der Waals surface area contributed by atoms with Crippen LogP contribution in [0.2, 0.25) is 10.0 Å². The average molecular weight is 747 g/mol. The summed E-state index contributed by atoms with van der Waals surface area (Å²) in [6.07, 6.45) is 1.41. The molecular weight excluding hydrogens is 715 g/mol. The smallest absolute Gasteiger partial charge is 0.338 e. The van der Waals surface area contributed by atoms with E-state index in [0.29, 0.717) is 64.5 Å². The van der Waals surface area contributed by atoms with E-state index in [2.05, 4.69) is 20.9 Å². The first-order chi connectivity index (χ1) is 22.0. The number of hydrogen-bond donors (Lipinski definition) is 0. The monoisotopic (exact) mass is 744 g/mol. The molecule has 8 nitrogen and oxygen atoms in total. The Labute approximate surface area is 288 Å². The minimum Gasteiger partial charge on any atom is -0.494 e. The zero-order valence-electron chi connectivity index (χ0n) is 25.7. The quantitative estimate of drug-likeness (QED) is 0.159. The number of carbonyl (C=O) groups is 1. The molecule has 12 heteroatoms. The van der Waals surface area contributed by atoms with Gasteiger partial charge in [-0.05, 0) is 81.3 Å². The Morgan fingerprint density at radius 1 is 1.09 bits per heavy atom. The molecule has 3 aromatic carbocycles. The molecule has 0 radical (unpaired) electrons. The summed E-state index contributed by atoms with van der Waals surface area (Å²) < 4.78 is 25.5. The maximum atomic E-state index is 14.1. The topological polar surface area (TPSA) is 88.4 Å². The number of nitrogens with zero attached hydrogens (tertiary/aromatic N) is 2. The van der Waals surface area contributed by atoms with Crippen LogP contribution in [0.3, 0.4) is 0 Å². The van der Waals surface area contributed by atoms with Gasteiger partial charge in [0.15, 0.2) is 16.3 Å². The fourth-order valence-corrected chi connectivity index (χ4v) is 6.90. The van der Waals surface area contributed by atoms with E-state index < -0.39 is 12.0 Å². The summed E-state index contributed by atoms with van der Waals surface area (Å²) in [7, 11) is 1.54. The highest BCUT2D eigenvalue weighted by molar-refractivity contribution is 9.10. The van der Waals surface area contributed by atoms with Crippen LogP contribution in [0.5, 0.6) is 17.2 Å². The second-order valence-corrected chi connectivity index (χ2v) is 13.3. The largest absolute Gasteiger partial charge is 0.494 e. The number of carbonyl (C=O) groups excluding carboxylic acids is 1. The normalized spacial score (nSPS) is 14.6. The van der Waals surface area contributed by atoms with Crippen molar-refractivity contribution < 1.29 is 23.7 Å². The van der Waals surface area contributed by atoms with Crippen molar-refractivity contribution >= 4 is 62.5 Å². The van der Waals surface area contributed by atoms with E-state index in [9.17, 15) is 9.59 Å². The number of thiazole rings is 1. The molecule has 240 valence electrons. The van der Waals surface area contributed by atoms with Gasteiger partial charge in [0.25, 0.3) is 5.56 Å². The van der Waals surface area contributed by atoms with Crippen molar-refractivity contribution in [1.29, 1.82) is 0 Å². The summed E-state index contributed by atoms with van der Waals surface area (Å²) >= 11 is 17.2. The third kappa shape index (κ3) is 7.20. The lowest BCUT2D eigenvalue weighted by Crippen LogP contribution is -2.40. The maximum Gasteiger partial charge on any atom is 0.338 e. The Morgan fingerprint density at radius 2 is 1.83 bits per heavy atom. The Hall–Kier alpha value is -3.57. The molecule has 1 atom stereocenters. The Bertz CT molecular complexity index is 2000. The summed E-state index contributed by atoms with van der Waals surface area (Å²) in [5.41, 5.74) is 2.68. The van der Waals surface area contributed by atoms with Crippen molar-refractivity contribution in [2.75, 3.05) is 13.7 Å². The number of methoxy groups -OCH3 is 1. The number of rotatable bonds is 10. The minimum absolute atomic E-state index is 0.198. The first kappa shape index (κ1) is 33.8. The second-order valence-electron chi connectivity index (χ2n) is 10.6. The Morgan fingerprint density at radius 3 is 2.48 bits per heavy atom. The molecule has 1 aliphatic heterocycles. The minimum atomic E-state index is -0.742. The third-order valence-electron chi connectivity index (χ3n) is 7.06. The van der Waals surface area contributed by atoms with E-state index in [1.807, 2.05) is 31.2 Å². The number of fused-ring (bicyclic) bond motifs is 1. The molecule has 0 spiro atoms. The van der Waals surface area contributed by atoms with Crippen molar-refractivity contribution in [3.63, 3.8) is 0 Å². The number of hydrogen-bond acceptors (Lipinski definition) is 8. The molecule has 0 saturated heterocycles. The average Bonchev–Trinajstić information content (AvgIpc) is 3.31. The molecular formula is C34H31BrCl2N2O6S. The molecule has 0 fully saturated rings. The first-order valence-electron chi connectivity index (χ1n) is 14.4. The van der Waals surface area contributed by atoms with Gasteiger partial charge in [0.05, 0.1) is 41.7 Å². The maximum absolute atomic E-state index is 14.1. The van der Waals surface area contributed by atoms with E-state index >= 15 is 0 Å². The Kier molecular flexibility index (Phi) is 10.6. The number of benzene rings is 3. The Balaban J connectivity index is 1.57. The lowest BCUT2D eigenvalue weighted by Gasteiger charge is -2.25. The lowest BCUT2D eigenvalue weighted by molar-refractivity contribution is -0.143. The molecule has 4 aromatic rings. The van der Waals surface area contributed by atoms with Crippen molar-refractivity contribution in [3.8, 4) is 17.2 Å². The predicted octanol–water partition coefficient (Wildman–Crippen LogP) is 7.24. The molecule has 0 saturated carbocycles. The van der Waals surface area contributed by atoms with Gasteiger partial charge in [0.2, 0.25) is 0 Å². The van der Waals surface area contributed by atoms with Crippen molar-refractivity contribution in [2.24, 2.45) is 4.99 Å². The van der Waals surface area contributed by atoms with Gasteiger partial charge in [-0.3, -0.25) is 9.36 Å². The predicted molar refractivity (Wildman–Crippen MR) is 184 cm³/mol. The second kappa shape index (κ2) is 14.5. The summed E-state index contributed by atoms with van der Waals surface area (Å²) in [4.78, 5) is 32.6. The molecule has 0 N–H and O–H groups in total. The summed E-state index contributed by atoms with van der Waals surface area (Å²) in [5.74, 6) is 1.12. The molecule has 46 heavy (non-hydrogen) atoms. The zero-order chi connectivity index (χ0) is 33.1. The van der Waals surface area contributed by atoms with Gasteiger partial charge in [-0.2, -0.15) is 0 Å². The van der Waals surface area contributed by atoms with Gasteiger partial charge >= 0.3 is 5.97 Å². The van der Waals surface area contributed by atoms with E-state index in [0.717, 1.165) is 11.1 Å². The number of halogens is 3. The highest BCUT2D eigenvalue weighted by atomic mass is 79.9. The zero-order valence-corrected chi connectivity index (χ0v) is 29.6. The highest BCUT2D eigenvalue weighted by Gasteiger charge is 2.34. The van der Waals surface area contributed by atoms with Crippen LogP contribution in [0.15, 0.2) is 80.1 Å². The molecule has 0 unspecified atom stereocenters. The van der Waals surface area contributed by atoms with Gasteiger partial charge in [-0.1, -0.05) is 68.7 Å². The fraction of sp³-hybridized carbons (Fsp3) is 0.265.